The minimum absolute atomic E-state index is 0.372. The van der Waals surface area contributed by atoms with Crippen molar-refractivity contribution in [1.82, 2.24) is 0 Å². The fourth-order valence-corrected chi connectivity index (χ4v) is 6.98. The molecule has 0 bridgehead atoms. The highest BCUT2D eigenvalue weighted by Gasteiger charge is 2.15. The number of hydrogen-bond acceptors (Lipinski definition) is 0. The molecule has 0 aliphatic rings. The Morgan fingerprint density at radius 2 is 0.833 bits per heavy atom. The van der Waals surface area contributed by atoms with Crippen molar-refractivity contribution in [3.63, 3.8) is 0 Å². The lowest BCUT2D eigenvalue weighted by atomic mass is 9.85. The molecule has 0 saturated carbocycles. The molecule has 0 aliphatic heterocycles. The zero-order valence-corrected chi connectivity index (χ0v) is 33.6. The van der Waals surface area contributed by atoms with E-state index >= 15 is 0 Å². The van der Waals surface area contributed by atoms with Gasteiger partial charge in [-0.15, -0.1) is 0 Å². The Balaban J connectivity index is 0.000000217. The molecule has 0 atom stereocenters. The number of rotatable bonds is 9. The van der Waals surface area contributed by atoms with E-state index in [1.165, 1.54) is 84.3 Å². The highest BCUT2D eigenvalue weighted by molar-refractivity contribution is 6.22. The maximum absolute atomic E-state index is 3.72. The minimum atomic E-state index is 0.372. The second-order valence-electron chi connectivity index (χ2n) is 13.0. The van der Waals surface area contributed by atoms with E-state index in [0.717, 1.165) is 12.8 Å². The highest BCUT2D eigenvalue weighted by atomic mass is 14.2. The largest absolute Gasteiger partial charge is 0.0991 e. The predicted octanol–water partition coefficient (Wildman–Crippen LogP) is 17.0. The molecule has 8 aromatic carbocycles. The fraction of sp³-hybridized carbons (Fsp3) is 0.222. The monoisotopic (exact) mass is 708 g/mol. The minimum Gasteiger partial charge on any atom is -0.0991 e. The Morgan fingerprint density at radius 1 is 0.444 bits per heavy atom. The number of hydrogen-bond donors (Lipinski definition) is 0. The summed E-state index contributed by atoms with van der Waals surface area (Å²) in [6, 6.07) is 52.9. The first-order chi connectivity index (χ1) is 26.7. The van der Waals surface area contributed by atoms with Gasteiger partial charge in [-0.1, -0.05) is 243 Å². The molecule has 8 rings (SSSR count). The maximum Gasteiger partial charge on any atom is 0.00927 e. The highest BCUT2D eigenvalue weighted by Crippen LogP contribution is 2.35. The summed E-state index contributed by atoms with van der Waals surface area (Å²) in [5.74, 6) is 0.372. The van der Waals surface area contributed by atoms with E-state index < -0.39 is 0 Å². The molecule has 0 aromatic heterocycles. The average Bonchev–Trinajstić information content (AvgIpc) is 3.24. The van der Waals surface area contributed by atoms with Crippen molar-refractivity contribution in [2.75, 3.05) is 0 Å². The summed E-state index contributed by atoms with van der Waals surface area (Å²) in [6.45, 7) is 16.1. The third kappa shape index (κ3) is 10.8. The molecule has 0 saturated heterocycles. The first-order valence-electron chi connectivity index (χ1n) is 20.2. The number of unbranched alkanes of at least 4 members (excludes halogenated alkanes) is 2. The molecule has 0 spiro atoms. The fourth-order valence-electron chi connectivity index (χ4n) is 6.98. The summed E-state index contributed by atoms with van der Waals surface area (Å²) < 4.78 is 0. The Labute approximate surface area is 325 Å². The van der Waals surface area contributed by atoms with Crippen LogP contribution >= 0.6 is 0 Å². The molecule has 0 radical (unpaired) electrons. The topological polar surface area (TPSA) is 0 Å². The summed E-state index contributed by atoms with van der Waals surface area (Å²) in [4.78, 5) is 0. The first-order valence-corrected chi connectivity index (χ1v) is 20.2. The van der Waals surface area contributed by atoms with Crippen LogP contribution < -0.4 is 0 Å². The van der Waals surface area contributed by atoms with Crippen molar-refractivity contribution in [1.29, 1.82) is 0 Å². The normalized spacial score (nSPS) is 10.9. The van der Waals surface area contributed by atoms with Crippen molar-refractivity contribution in [2.24, 2.45) is 0 Å². The second kappa shape index (κ2) is 22.6. The van der Waals surface area contributed by atoms with Crippen LogP contribution in [0, 0.1) is 0 Å². The van der Waals surface area contributed by atoms with Gasteiger partial charge in [-0.25, -0.2) is 0 Å². The third-order valence-electron chi connectivity index (χ3n) is 9.57. The second-order valence-corrected chi connectivity index (χ2v) is 13.0. The molecule has 0 heterocycles. The van der Waals surface area contributed by atoms with Gasteiger partial charge in [0.05, 0.1) is 0 Å². The lowest BCUT2D eigenvalue weighted by Gasteiger charge is -2.19. The van der Waals surface area contributed by atoms with Crippen molar-refractivity contribution >= 4 is 53.9 Å². The average molecular weight is 709 g/mol. The molecule has 0 fully saturated rings. The molecule has 0 nitrogen and oxygen atoms in total. The predicted molar refractivity (Wildman–Crippen MR) is 245 cm³/mol. The SMILES string of the molecule is C=C/C=C\C=C/CCC(c1ccc2ccccc2c1)c1ccc2ccccc2c1.CC.CC.CCCCC.c1cc2ccc3cccc4ccc(c1)c2c34. The quantitative estimate of drug-likeness (QED) is 0.103. The number of benzene rings is 8. The van der Waals surface area contributed by atoms with Gasteiger partial charge in [0.15, 0.2) is 0 Å². The Bertz CT molecular complexity index is 2140. The van der Waals surface area contributed by atoms with Crippen LogP contribution in [0.2, 0.25) is 0 Å². The molecule has 54 heavy (non-hydrogen) atoms. The number of fused-ring (bicyclic) bond motifs is 2. The van der Waals surface area contributed by atoms with Gasteiger partial charge in [0.2, 0.25) is 0 Å². The lowest BCUT2D eigenvalue weighted by molar-refractivity contribution is 0.730. The molecular weight excluding hydrogens is 649 g/mol. The Kier molecular flexibility index (Phi) is 17.3. The zero-order valence-electron chi connectivity index (χ0n) is 33.6. The maximum atomic E-state index is 3.72. The summed E-state index contributed by atoms with van der Waals surface area (Å²) >= 11 is 0. The van der Waals surface area contributed by atoms with Gasteiger partial charge in [0, 0.05) is 5.92 Å². The van der Waals surface area contributed by atoms with Crippen molar-refractivity contribution in [3.05, 3.63) is 194 Å². The van der Waals surface area contributed by atoms with E-state index in [2.05, 4.69) is 178 Å². The van der Waals surface area contributed by atoms with E-state index in [1.54, 1.807) is 6.08 Å². The van der Waals surface area contributed by atoms with Gasteiger partial charge in [-0.3, -0.25) is 0 Å². The van der Waals surface area contributed by atoms with Crippen LogP contribution in [0.4, 0.5) is 0 Å². The van der Waals surface area contributed by atoms with E-state index in [0.29, 0.717) is 5.92 Å². The summed E-state index contributed by atoms with van der Waals surface area (Å²) in [5, 5.41) is 13.3. The van der Waals surface area contributed by atoms with Crippen LogP contribution in [0.1, 0.15) is 90.7 Å². The van der Waals surface area contributed by atoms with Crippen LogP contribution in [0.25, 0.3) is 53.9 Å². The van der Waals surface area contributed by atoms with Gasteiger partial charge in [-0.05, 0) is 77.8 Å². The van der Waals surface area contributed by atoms with Crippen molar-refractivity contribution in [3.8, 4) is 0 Å². The summed E-state index contributed by atoms with van der Waals surface area (Å²) in [5.41, 5.74) is 2.77. The van der Waals surface area contributed by atoms with Gasteiger partial charge in [0.1, 0.15) is 0 Å². The number of allylic oxidation sites excluding steroid dienone is 5. The van der Waals surface area contributed by atoms with Crippen LogP contribution in [0.3, 0.4) is 0 Å². The van der Waals surface area contributed by atoms with Crippen LogP contribution in [0.15, 0.2) is 183 Å². The summed E-state index contributed by atoms with van der Waals surface area (Å²) in [7, 11) is 0. The first kappa shape index (κ1) is 41.3. The van der Waals surface area contributed by atoms with Crippen LogP contribution in [0.5, 0.6) is 0 Å². The molecule has 8 aromatic rings. The van der Waals surface area contributed by atoms with Gasteiger partial charge < -0.3 is 0 Å². The van der Waals surface area contributed by atoms with Crippen LogP contribution in [-0.4, -0.2) is 0 Å². The molecule has 0 amide bonds. The van der Waals surface area contributed by atoms with E-state index in [1.807, 2.05) is 39.8 Å². The van der Waals surface area contributed by atoms with E-state index in [9.17, 15) is 0 Å². The smallest absolute Gasteiger partial charge is 0.00927 e. The molecule has 0 unspecified atom stereocenters. The lowest BCUT2D eigenvalue weighted by Crippen LogP contribution is -2.01. The van der Waals surface area contributed by atoms with E-state index in [4.69, 9.17) is 0 Å². The molecular formula is C54H60. The molecule has 0 N–H and O–H groups in total. The Morgan fingerprint density at radius 3 is 1.22 bits per heavy atom. The third-order valence-corrected chi connectivity index (χ3v) is 9.57. The molecule has 276 valence electrons. The zero-order chi connectivity index (χ0) is 38.5. The van der Waals surface area contributed by atoms with Gasteiger partial charge in [0.25, 0.3) is 0 Å². The van der Waals surface area contributed by atoms with Gasteiger partial charge in [-0.2, -0.15) is 0 Å². The standard InChI is InChI=1S/C29H26.C16H10.C5H12.2C2H6/c1-2-3-4-5-6-7-16-29(27-19-17-23-12-8-10-14-25(23)21-27)28-20-18-24-13-9-11-15-26(24)22-28;1-3-11-7-9-13-5-2-6-14-10-8-12(4-1)15(11)16(13)14;1-3-5-4-2;2*1-2/h2-6,8-15,17-22,29H,1,7,16H2;1-10H;3-5H2,1-2H3;2*1-2H3/b4-3-,6-5-;;;;. The molecule has 0 aliphatic carbocycles. The van der Waals surface area contributed by atoms with Crippen molar-refractivity contribution < 1.29 is 0 Å². The molecule has 0 heteroatoms. The summed E-state index contributed by atoms with van der Waals surface area (Å²) in [6.07, 6.45) is 16.3. The van der Waals surface area contributed by atoms with Gasteiger partial charge >= 0.3 is 0 Å². The van der Waals surface area contributed by atoms with Crippen molar-refractivity contribution in [2.45, 2.75) is 79.6 Å². The van der Waals surface area contributed by atoms with E-state index in [-0.39, 0.29) is 0 Å². The van der Waals surface area contributed by atoms with Crippen LogP contribution in [-0.2, 0) is 0 Å². The Hall–Kier alpha value is -5.46.